The van der Waals surface area contributed by atoms with Crippen LogP contribution >= 0.6 is 0 Å². The fourth-order valence-corrected chi connectivity index (χ4v) is 3.00. The van der Waals surface area contributed by atoms with Crippen LogP contribution in [-0.4, -0.2) is 22.8 Å². The minimum absolute atomic E-state index is 0.00651. The number of esters is 1. The molecule has 2 aromatic heterocycles. The third-order valence-electron chi connectivity index (χ3n) is 4.21. The molecule has 24 heavy (non-hydrogen) atoms. The summed E-state index contributed by atoms with van der Waals surface area (Å²) in [7, 11) is 0. The third-order valence-corrected chi connectivity index (χ3v) is 4.21. The first-order valence-electron chi connectivity index (χ1n) is 7.90. The minimum Gasteiger partial charge on any atom is -0.463 e. The Morgan fingerprint density at radius 3 is 2.83 bits per heavy atom. The lowest BCUT2D eigenvalue weighted by Gasteiger charge is -2.12. The molecule has 1 fully saturated rings. The van der Waals surface area contributed by atoms with E-state index in [2.05, 4.69) is 4.98 Å². The first-order valence-corrected chi connectivity index (χ1v) is 7.90. The minimum atomic E-state index is -0.628. The summed E-state index contributed by atoms with van der Waals surface area (Å²) in [6, 6.07) is 12.6. The van der Waals surface area contributed by atoms with Gasteiger partial charge in [-0.1, -0.05) is 18.2 Å². The topological polar surface area (TPSA) is 69.4 Å². The van der Waals surface area contributed by atoms with Crippen molar-refractivity contribution in [3.63, 3.8) is 0 Å². The summed E-state index contributed by atoms with van der Waals surface area (Å²) in [5.41, 5.74) is 1.63. The predicted molar refractivity (Wildman–Crippen MR) is 87.5 cm³/mol. The Bertz CT molecular complexity index is 914. The number of fused-ring (bicyclic) bond motifs is 1. The van der Waals surface area contributed by atoms with E-state index in [1.54, 1.807) is 24.5 Å². The summed E-state index contributed by atoms with van der Waals surface area (Å²) in [5, 5.41) is 0.697. The SMILES string of the molecule is O=C(O[C@@H]1CCCC1=O)c1cc(-c2ccco2)nc2ccccc12. The quantitative estimate of drug-likeness (QED) is 0.687. The smallest absolute Gasteiger partial charge is 0.339 e. The highest BCUT2D eigenvalue weighted by Crippen LogP contribution is 2.27. The number of hydrogen-bond donors (Lipinski definition) is 0. The number of aromatic nitrogens is 1. The third kappa shape index (κ3) is 2.58. The van der Waals surface area contributed by atoms with Crippen LogP contribution < -0.4 is 0 Å². The molecule has 120 valence electrons. The van der Waals surface area contributed by atoms with Crippen LogP contribution in [-0.2, 0) is 9.53 Å². The molecule has 0 spiro atoms. The van der Waals surface area contributed by atoms with Gasteiger partial charge in [-0.3, -0.25) is 4.79 Å². The normalized spacial score (nSPS) is 17.3. The van der Waals surface area contributed by atoms with Gasteiger partial charge in [-0.15, -0.1) is 0 Å². The van der Waals surface area contributed by atoms with E-state index in [9.17, 15) is 9.59 Å². The number of ketones is 1. The molecule has 2 heterocycles. The molecule has 0 amide bonds. The average molecular weight is 321 g/mol. The van der Waals surface area contributed by atoms with Crippen LogP contribution in [0.3, 0.4) is 0 Å². The van der Waals surface area contributed by atoms with Crippen molar-refractivity contribution in [1.82, 2.24) is 4.98 Å². The highest BCUT2D eigenvalue weighted by molar-refractivity contribution is 6.05. The van der Waals surface area contributed by atoms with Crippen molar-refractivity contribution >= 4 is 22.7 Å². The number of nitrogens with zero attached hydrogens (tertiary/aromatic N) is 1. The van der Waals surface area contributed by atoms with E-state index in [4.69, 9.17) is 9.15 Å². The van der Waals surface area contributed by atoms with Crippen molar-refractivity contribution in [2.45, 2.75) is 25.4 Å². The maximum atomic E-state index is 12.6. The van der Waals surface area contributed by atoms with Gasteiger partial charge in [-0.2, -0.15) is 0 Å². The van der Waals surface area contributed by atoms with Gasteiger partial charge in [0, 0.05) is 11.8 Å². The zero-order valence-corrected chi connectivity index (χ0v) is 12.9. The Hall–Kier alpha value is -2.95. The molecule has 1 aromatic carbocycles. The van der Waals surface area contributed by atoms with E-state index >= 15 is 0 Å². The van der Waals surface area contributed by atoms with Gasteiger partial charge in [0.1, 0.15) is 5.69 Å². The number of carbonyl (C=O) groups excluding carboxylic acids is 2. The Kier molecular flexibility index (Phi) is 3.61. The number of para-hydroxylation sites is 1. The summed E-state index contributed by atoms with van der Waals surface area (Å²) in [5.74, 6) is 0.0707. The van der Waals surface area contributed by atoms with Gasteiger partial charge in [0.25, 0.3) is 0 Å². The standard InChI is InChI=1S/C19H15NO4/c21-16-7-3-8-18(16)24-19(22)13-11-15(17-9-4-10-23-17)20-14-6-2-1-5-12(13)14/h1-2,4-6,9-11,18H,3,7-8H2/t18-/m1/s1. The van der Waals surface area contributed by atoms with Gasteiger partial charge in [-0.05, 0) is 37.1 Å². The average Bonchev–Trinajstić information content (AvgIpc) is 3.26. The molecule has 0 aliphatic heterocycles. The first kappa shape index (κ1) is 14.6. The first-order chi connectivity index (χ1) is 11.7. The summed E-state index contributed by atoms with van der Waals surface area (Å²) in [4.78, 5) is 28.9. The fraction of sp³-hybridized carbons (Fsp3) is 0.211. The van der Waals surface area contributed by atoms with Gasteiger partial charge in [-0.25, -0.2) is 9.78 Å². The number of hydrogen-bond acceptors (Lipinski definition) is 5. The molecule has 1 saturated carbocycles. The summed E-state index contributed by atoms with van der Waals surface area (Å²) >= 11 is 0. The lowest BCUT2D eigenvalue weighted by molar-refractivity contribution is -0.124. The summed E-state index contributed by atoms with van der Waals surface area (Å²) in [6.07, 6.45) is 2.77. The molecule has 0 radical (unpaired) electrons. The van der Waals surface area contributed by atoms with Crippen LogP contribution in [0, 0.1) is 0 Å². The van der Waals surface area contributed by atoms with Crippen LogP contribution in [0.2, 0.25) is 0 Å². The molecule has 0 bridgehead atoms. The second kappa shape index (κ2) is 5.92. The highest BCUT2D eigenvalue weighted by atomic mass is 16.5. The summed E-state index contributed by atoms with van der Waals surface area (Å²) in [6.45, 7) is 0. The lowest BCUT2D eigenvalue weighted by atomic mass is 10.1. The number of benzene rings is 1. The number of furan rings is 1. The Balaban J connectivity index is 1.78. The number of ether oxygens (including phenoxy) is 1. The van der Waals surface area contributed by atoms with Gasteiger partial charge in [0.2, 0.25) is 0 Å². The Morgan fingerprint density at radius 2 is 2.08 bits per heavy atom. The monoisotopic (exact) mass is 321 g/mol. The van der Waals surface area contributed by atoms with Gasteiger partial charge >= 0.3 is 5.97 Å². The van der Waals surface area contributed by atoms with E-state index in [0.717, 1.165) is 6.42 Å². The van der Waals surface area contributed by atoms with Crippen molar-refractivity contribution in [3.8, 4) is 11.5 Å². The van der Waals surface area contributed by atoms with Crippen LogP contribution in [0.5, 0.6) is 0 Å². The van der Waals surface area contributed by atoms with E-state index in [-0.39, 0.29) is 5.78 Å². The van der Waals surface area contributed by atoms with Crippen molar-refractivity contribution in [2.75, 3.05) is 0 Å². The molecule has 3 aromatic rings. The Morgan fingerprint density at radius 1 is 1.21 bits per heavy atom. The Labute approximate surface area is 138 Å². The molecular weight excluding hydrogens is 306 g/mol. The number of pyridine rings is 1. The molecule has 0 saturated heterocycles. The molecule has 5 nitrogen and oxygen atoms in total. The van der Waals surface area contributed by atoms with E-state index < -0.39 is 12.1 Å². The zero-order chi connectivity index (χ0) is 16.5. The second-order valence-electron chi connectivity index (χ2n) is 5.80. The van der Waals surface area contributed by atoms with Gasteiger partial charge < -0.3 is 9.15 Å². The second-order valence-corrected chi connectivity index (χ2v) is 5.80. The fourth-order valence-electron chi connectivity index (χ4n) is 3.00. The molecule has 1 aliphatic carbocycles. The van der Waals surface area contributed by atoms with Crippen molar-refractivity contribution in [2.24, 2.45) is 0 Å². The van der Waals surface area contributed by atoms with Gasteiger partial charge in [0.15, 0.2) is 17.6 Å². The maximum absolute atomic E-state index is 12.6. The van der Waals surface area contributed by atoms with Crippen LogP contribution in [0.1, 0.15) is 29.6 Å². The largest absolute Gasteiger partial charge is 0.463 e. The van der Waals surface area contributed by atoms with Crippen molar-refractivity contribution in [3.05, 3.63) is 54.3 Å². The highest BCUT2D eigenvalue weighted by Gasteiger charge is 2.29. The lowest BCUT2D eigenvalue weighted by Crippen LogP contribution is -2.22. The molecule has 1 atom stereocenters. The number of Topliss-reactive ketones (excluding diaryl/α,β-unsaturated/α-hetero) is 1. The molecule has 0 N–H and O–H groups in total. The van der Waals surface area contributed by atoms with Crippen LogP contribution in [0.4, 0.5) is 0 Å². The molecule has 5 heteroatoms. The van der Waals surface area contributed by atoms with E-state index in [1.165, 1.54) is 0 Å². The molecular formula is C19H15NO4. The van der Waals surface area contributed by atoms with E-state index in [1.807, 2.05) is 24.3 Å². The number of rotatable bonds is 3. The predicted octanol–water partition coefficient (Wildman–Crippen LogP) is 3.77. The molecule has 0 unspecified atom stereocenters. The van der Waals surface area contributed by atoms with Gasteiger partial charge in [0.05, 0.1) is 17.3 Å². The van der Waals surface area contributed by atoms with Crippen LogP contribution in [0.25, 0.3) is 22.4 Å². The summed E-state index contributed by atoms with van der Waals surface area (Å²) < 4.78 is 10.8. The van der Waals surface area contributed by atoms with Crippen molar-refractivity contribution < 1.29 is 18.7 Å². The maximum Gasteiger partial charge on any atom is 0.339 e. The zero-order valence-electron chi connectivity index (χ0n) is 12.9. The molecule has 4 rings (SSSR count). The van der Waals surface area contributed by atoms with Crippen LogP contribution in [0.15, 0.2) is 53.1 Å². The van der Waals surface area contributed by atoms with E-state index in [0.29, 0.717) is 40.8 Å². The molecule has 1 aliphatic rings. The van der Waals surface area contributed by atoms with Crippen molar-refractivity contribution in [1.29, 1.82) is 0 Å². The number of carbonyl (C=O) groups is 2.